The Kier molecular flexibility index (Phi) is 6.30. The number of carbonyl (C=O) groups is 3. The average Bonchev–Trinajstić information content (AvgIpc) is 2.62. The van der Waals surface area contributed by atoms with Crippen molar-refractivity contribution in [3.63, 3.8) is 0 Å². The van der Waals surface area contributed by atoms with Crippen molar-refractivity contribution >= 4 is 39.5 Å². The van der Waals surface area contributed by atoms with E-state index in [0.717, 1.165) is 4.47 Å². The van der Waals surface area contributed by atoms with Crippen molar-refractivity contribution in [1.82, 2.24) is 0 Å². The number of anilines is 1. The fraction of sp³-hybridized carbons (Fsp3) is 0.167. The van der Waals surface area contributed by atoms with Crippen LogP contribution in [0.15, 0.2) is 53.0 Å². The molecule has 2 aromatic carbocycles. The summed E-state index contributed by atoms with van der Waals surface area (Å²) in [5.41, 5.74) is 1.15. The third-order valence-electron chi connectivity index (χ3n) is 3.31. The van der Waals surface area contributed by atoms with Crippen molar-refractivity contribution in [2.75, 3.05) is 12.4 Å². The molecule has 0 fully saturated rings. The van der Waals surface area contributed by atoms with Gasteiger partial charge in [-0.3, -0.25) is 4.79 Å². The van der Waals surface area contributed by atoms with Crippen LogP contribution in [0.25, 0.3) is 0 Å². The highest BCUT2D eigenvalue weighted by Gasteiger charge is 2.19. The molecule has 0 radical (unpaired) electrons. The van der Waals surface area contributed by atoms with E-state index in [1.54, 1.807) is 24.3 Å². The van der Waals surface area contributed by atoms with Crippen LogP contribution in [-0.4, -0.2) is 31.1 Å². The standard InChI is InChI=1S/C18H16BrNO5/c1-11(16(21)20-15-9-7-14(19)8-10-15)25-18(23)13-5-3-12(4-6-13)17(22)24-2/h3-11H,1-2H3,(H,20,21)/t11-/m1/s1. The van der Waals surface area contributed by atoms with Gasteiger partial charge in [-0.1, -0.05) is 15.9 Å². The van der Waals surface area contributed by atoms with E-state index in [9.17, 15) is 14.4 Å². The predicted octanol–water partition coefficient (Wildman–Crippen LogP) is 3.42. The lowest BCUT2D eigenvalue weighted by molar-refractivity contribution is -0.123. The summed E-state index contributed by atoms with van der Waals surface area (Å²) in [6, 6.07) is 12.8. The van der Waals surface area contributed by atoms with Crippen molar-refractivity contribution in [3.8, 4) is 0 Å². The summed E-state index contributed by atoms with van der Waals surface area (Å²) in [5.74, 6) is -1.60. The van der Waals surface area contributed by atoms with Gasteiger partial charge in [0.05, 0.1) is 18.2 Å². The molecular formula is C18H16BrNO5. The maximum atomic E-state index is 12.1. The molecule has 130 valence electrons. The van der Waals surface area contributed by atoms with Crippen LogP contribution in [0, 0.1) is 0 Å². The number of benzene rings is 2. The normalized spacial score (nSPS) is 11.3. The van der Waals surface area contributed by atoms with E-state index in [1.807, 2.05) is 0 Å². The first kappa shape index (κ1) is 18.7. The number of nitrogens with one attached hydrogen (secondary N) is 1. The molecule has 0 saturated carbocycles. The fourth-order valence-corrected chi connectivity index (χ4v) is 2.18. The summed E-state index contributed by atoms with van der Waals surface area (Å²) < 4.78 is 10.6. The molecule has 2 rings (SSSR count). The molecule has 0 aliphatic carbocycles. The van der Waals surface area contributed by atoms with E-state index in [2.05, 4.69) is 26.0 Å². The van der Waals surface area contributed by atoms with Crippen molar-refractivity contribution in [1.29, 1.82) is 0 Å². The Hall–Kier alpha value is -2.67. The summed E-state index contributed by atoms with van der Waals surface area (Å²) in [6.45, 7) is 1.48. The van der Waals surface area contributed by atoms with Gasteiger partial charge in [-0.2, -0.15) is 0 Å². The molecule has 6 nitrogen and oxygen atoms in total. The van der Waals surface area contributed by atoms with E-state index < -0.39 is 23.9 Å². The number of amides is 1. The number of rotatable bonds is 5. The van der Waals surface area contributed by atoms with Gasteiger partial charge in [-0.05, 0) is 55.5 Å². The minimum absolute atomic E-state index is 0.232. The summed E-state index contributed by atoms with van der Waals surface area (Å²) in [5, 5.41) is 2.66. The SMILES string of the molecule is COC(=O)c1ccc(C(=O)O[C@H](C)C(=O)Nc2ccc(Br)cc2)cc1. The molecule has 0 saturated heterocycles. The minimum Gasteiger partial charge on any atom is -0.465 e. The first-order valence-electron chi connectivity index (χ1n) is 7.36. The Morgan fingerprint density at radius 1 is 0.920 bits per heavy atom. The smallest absolute Gasteiger partial charge is 0.338 e. The largest absolute Gasteiger partial charge is 0.465 e. The number of methoxy groups -OCH3 is 1. The van der Waals surface area contributed by atoms with Gasteiger partial charge in [0, 0.05) is 10.2 Å². The maximum absolute atomic E-state index is 12.1. The summed E-state index contributed by atoms with van der Waals surface area (Å²) in [6.07, 6.45) is -0.976. The molecular weight excluding hydrogens is 390 g/mol. The van der Waals surface area contributed by atoms with Crippen LogP contribution in [0.1, 0.15) is 27.6 Å². The second-order valence-corrected chi connectivity index (χ2v) is 6.03. The van der Waals surface area contributed by atoms with Gasteiger partial charge in [0.25, 0.3) is 5.91 Å². The van der Waals surface area contributed by atoms with Gasteiger partial charge in [-0.15, -0.1) is 0 Å². The number of hydrogen-bond acceptors (Lipinski definition) is 5. The van der Waals surface area contributed by atoms with Gasteiger partial charge in [-0.25, -0.2) is 9.59 Å². The van der Waals surface area contributed by atoms with Gasteiger partial charge in [0.15, 0.2) is 6.10 Å². The third-order valence-corrected chi connectivity index (χ3v) is 3.84. The van der Waals surface area contributed by atoms with Crippen LogP contribution in [0.5, 0.6) is 0 Å². The van der Waals surface area contributed by atoms with E-state index in [4.69, 9.17) is 4.74 Å². The highest BCUT2D eigenvalue weighted by Crippen LogP contribution is 2.15. The molecule has 0 spiro atoms. The first-order chi connectivity index (χ1) is 11.9. The van der Waals surface area contributed by atoms with E-state index >= 15 is 0 Å². The Morgan fingerprint density at radius 3 is 1.96 bits per heavy atom. The Labute approximate surface area is 153 Å². The lowest BCUT2D eigenvalue weighted by atomic mass is 10.1. The second kappa shape index (κ2) is 8.43. The number of halogens is 1. The van der Waals surface area contributed by atoms with Crippen LogP contribution in [-0.2, 0) is 14.3 Å². The molecule has 0 bridgehead atoms. The second-order valence-electron chi connectivity index (χ2n) is 5.11. The molecule has 0 aromatic heterocycles. The van der Waals surface area contributed by atoms with Crippen LogP contribution in [0.2, 0.25) is 0 Å². The molecule has 0 aliphatic rings. The van der Waals surface area contributed by atoms with Crippen molar-refractivity contribution in [3.05, 3.63) is 64.1 Å². The monoisotopic (exact) mass is 405 g/mol. The van der Waals surface area contributed by atoms with Gasteiger partial charge >= 0.3 is 11.9 Å². The number of ether oxygens (including phenoxy) is 2. The number of esters is 2. The third kappa shape index (κ3) is 5.15. The van der Waals surface area contributed by atoms with E-state index in [0.29, 0.717) is 11.3 Å². The van der Waals surface area contributed by atoms with Crippen LogP contribution >= 0.6 is 15.9 Å². The Balaban J connectivity index is 1.95. The molecule has 0 aliphatic heterocycles. The van der Waals surface area contributed by atoms with Crippen molar-refractivity contribution in [2.24, 2.45) is 0 Å². The molecule has 1 atom stereocenters. The average molecular weight is 406 g/mol. The van der Waals surface area contributed by atoms with Crippen molar-refractivity contribution < 1.29 is 23.9 Å². The van der Waals surface area contributed by atoms with Gasteiger partial charge < -0.3 is 14.8 Å². The number of hydrogen-bond donors (Lipinski definition) is 1. The quantitative estimate of drug-likeness (QED) is 0.770. The lowest BCUT2D eigenvalue weighted by Crippen LogP contribution is -2.30. The topological polar surface area (TPSA) is 81.7 Å². The van der Waals surface area contributed by atoms with Gasteiger partial charge in [0.2, 0.25) is 0 Å². The van der Waals surface area contributed by atoms with Crippen LogP contribution in [0.3, 0.4) is 0 Å². The van der Waals surface area contributed by atoms with E-state index in [1.165, 1.54) is 38.3 Å². The molecule has 7 heteroatoms. The molecule has 2 aromatic rings. The van der Waals surface area contributed by atoms with Crippen LogP contribution < -0.4 is 5.32 Å². The van der Waals surface area contributed by atoms with Crippen molar-refractivity contribution in [2.45, 2.75) is 13.0 Å². The van der Waals surface area contributed by atoms with Crippen LogP contribution in [0.4, 0.5) is 5.69 Å². The molecule has 0 heterocycles. The highest BCUT2D eigenvalue weighted by atomic mass is 79.9. The highest BCUT2D eigenvalue weighted by molar-refractivity contribution is 9.10. The Bertz CT molecular complexity index is 771. The molecule has 25 heavy (non-hydrogen) atoms. The summed E-state index contributed by atoms with van der Waals surface area (Å²) in [7, 11) is 1.27. The zero-order chi connectivity index (χ0) is 18.4. The predicted molar refractivity (Wildman–Crippen MR) is 95.4 cm³/mol. The first-order valence-corrected chi connectivity index (χ1v) is 8.16. The van der Waals surface area contributed by atoms with Gasteiger partial charge in [0.1, 0.15) is 0 Å². The minimum atomic E-state index is -0.976. The summed E-state index contributed by atoms with van der Waals surface area (Å²) in [4.78, 5) is 35.5. The maximum Gasteiger partial charge on any atom is 0.338 e. The fourth-order valence-electron chi connectivity index (χ4n) is 1.92. The lowest BCUT2D eigenvalue weighted by Gasteiger charge is -2.13. The summed E-state index contributed by atoms with van der Waals surface area (Å²) >= 11 is 3.31. The molecule has 0 unspecified atom stereocenters. The molecule has 1 N–H and O–H groups in total. The molecule has 1 amide bonds. The van der Waals surface area contributed by atoms with E-state index in [-0.39, 0.29) is 5.56 Å². The zero-order valence-corrected chi connectivity index (χ0v) is 15.2. The zero-order valence-electron chi connectivity index (χ0n) is 13.6. The Morgan fingerprint density at radius 2 is 1.44 bits per heavy atom. The number of carbonyl (C=O) groups excluding carboxylic acids is 3.